The van der Waals surface area contributed by atoms with Crippen molar-refractivity contribution in [3.05, 3.63) is 68.4 Å². The summed E-state index contributed by atoms with van der Waals surface area (Å²) in [7, 11) is 0. The molecule has 1 atom stereocenters. The molecule has 0 aromatic carbocycles. The molecule has 0 aliphatic carbocycles. The maximum atomic E-state index is 12.5. The van der Waals surface area contributed by atoms with E-state index in [1.165, 1.54) is 5.56 Å². The first-order valence-corrected chi connectivity index (χ1v) is 9.96. The summed E-state index contributed by atoms with van der Waals surface area (Å²) in [4.78, 5) is 19.6. The fourth-order valence-electron chi connectivity index (χ4n) is 3.52. The van der Waals surface area contributed by atoms with E-state index < -0.39 is 0 Å². The van der Waals surface area contributed by atoms with Gasteiger partial charge in [-0.3, -0.25) is 14.1 Å². The van der Waals surface area contributed by atoms with Crippen molar-refractivity contribution in [2.45, 2.75) is 39.0 Å². The molecule has 1 saturated heterocycles. The van der Waals surface area contributed by atoms with Gasteiger partial charge in [-0.05, 0) is 53.8 Å². The van der Waals surface area contributed by atoms with Crippen molar-refractivity contribution in [2.75, 3.05) is 13.2 Å². The molecule has 26 heavy (non-hydrogen) atoms. The third-order valence-electron chi connectivity index (χ3n) is 4.80. The largest absolute Gasteiger partial charge is 0.377 e. The molecule has 0 saturated carbocycles. The van der Waals surface area contributed by atoms with E-state index in [2.05, 4.69) is 21.7 Å². The molecule has 0 bridgehead atoms. The molecule has 5 nitrogen and oxygen atoms in total. The minimum absolute atomic E-state index is 0.0266. The van der Waals surface area contributed by atoms with Crippen LogP contribution in [0.5, 0.6) is 0 Å². The molecule has 0 spiro atoms. The standard InChI is InChI=1S/C20H23N3O2S/c1-15-4-2-7-23-19(24)10-17(21-20(15)23)12-22(11-16-6-9-26-14-16)13-18-5-3-8-25-18/h2,4,6-7,9-10,14,18H,3,5,8,11-13H2,1H3. The van der Waals surface area contributed by atoms with Crippen LogP contribution in [0, 0.1) is 6.92 Å². The van der Waals surface area contributed by atoms with Crippen molar-refractivity contribution in [1.82, 2.24) is 14.3 Å². The Morgan fingerprint density at radius 1 is 1.38 bits per heavy atom. The van der Waals surface area contributed by atoms with Crippen LogP contribution in [0.25, 0.3) is 5.65 Å². The topological polar surface area (TPSA) is 46.8 Å². The van der Waals surface area contributed by atoms with Crippen molar-refractivity contribution >= 4 is 17.0 Å². The van der Waals surface area contributed by atoms with Crippen molar-refractivity contribution in [3.63, 3.8) is 0 Å². The van der Waals surface area contributed by atoms with E-state index in [1.807, 2.05) is 19.1 Å². The monoisotopic (exact) mass is 369 g/mol. The molecule has 1 aliphatic rings. The highest BCUT2D eigenvalue weighted by molar-refractivity contribution is 7.07. The van der Waals surface area contributed by atoms with Gasteiger partial charge in [-0.2, -0.15) is 11.3 Å². The van der Waals surface area contributed by atoms with Crippen LogP contribution in [0.3, 0.4) is 0 Å². The fourth-order valence-corrected chi connectivity index (χ4v) is 4.18. The second-order valence-corrected chi connectivity index (χ2v) is 7.69. The van der Waals surface area contributed by atoms with E-state index in [1.54, 1.807) is 28.0 Å². The van der Waals surface area contributed by atoms with E-state index >= 15 is 0 Å². The average Bonchev–Trinajstić information content (AvgIpc) is 3.30. The molecule has 4 rings (SSSR count). The van der Waals surface area contributed by atoms with Crippen LogP contribution in [-0.2, 0) is 17.8 Å². The summed E-state index contributed by atoms with van der Waals surface area (Å²) in [5, 5.41) is 4.28. The second kappa shape index (κ2) is 7.70. The zero-order valence-corrected chi connectivity index (χ0v) is 15.7. The normalized spacial score (nSPS) is 17.4. The Morgan fingerprint density at radius 3 is 3.08 bits per heavy atom. The summed E-state index contributed by atoms with van der Waals surface area (Å²) in [5.41, 5.74) is 3.83. The van der Waals surface area contributed by atoms with Crippen LogP contribution in [0.1, 0.15) is 29.7 Å². The van der Waals surface area contributed by atoms with Crippen LogP contribution in [0.2, 0.25) is 0 Å². The minimum Gasteiger partial charge on any atom is -0.377 e. The lowest BCUT2D eigenvalue weighted by atomic mass is 10.2. The Kier molecular flexibility index (Phi) is 5.15. The van der Waals surface area contributed by atoms with Gasteiger partial charge in [0.05, 0.1) is 11.8 Å². The molecule has 136 valence electrons. The Hall–Kier alpha value is -2.02. The molecule has 0 N–H and O–H groups in total. The Morgan fingerprint density at radius 2 is 2.31 bits per heavy atom. The minimum atomic E-state index is -0.0266. The summed E-state index contributed by atoms with van der Waals surface area (Å²) in [6.45, 7) is 5.20. The molecule has 1 unspecified atom stereocenters. The molecule has 0 radical (unpaired) electrons. The summed E-state index contributed by atoms with van der Waals surface area (Å²) in [6.07, 6.45) is 4.28. The van der Waals surface area contributed by atoms with Gasteiger partial charge in [0.25, 0.3) is 5.56 Å². The third kappa shape index (κ3) is 3.87. The molecule has 3 aromatic rings. The smallest absolute Gasteiger partial charge is 0.258 e. The van der Waals surface area contributed by atoms with Gasteiger partial charge in [0.1, 0.15) is 5.65 Å². The number of fused-ring (bicyclic) bond motifs is 1. The van der Waals surface area contributed by atoms with E-state index in [9.17, 15) is 4.79 Å². The molecule has 0 amide bonds. The van der Waals surface area contributed by atoms with Gasteiger partial charge in [-0.1, -0.05) is 6.07 Å². The molecular weight excluding hydrogens is 346 g/mol. The lowest BCUT2D eigenvalue weighted by Crippen LogP contribution is -2.32. The van der Waals surface area contributed by atoms with E-state index in [0.29, 0.717) is 6.54 Å². The van der Waals surface area contributed by atoms with Crippen molar-refractivity contribution in [2.24, 2.45) is 0 Å². The summed E-state index contributed by atoms with van der Waals surface area (Å²) < 4.78 is 7.44. The van der Waals surface area contributed by atoms with Crippen LogP contribution >= 0.6 is 11.3 Å². The molecule has 1 aliphatic heterocycles. The van der Waals surface area contributed by atoms with Crippen molar-refractivity contribution in [3.8, 4) is 0 Å². The highest BCUT2D eigenvalue weighted by atomic mass is 32.1. The maximum Gasteiger partial charge on any atom is 0.258 e. The third-order valence-corrected chi connectivity index (χ3v) is 5.53. The number of ether oxygens (including phenoxy) is 1. The fraction of sp³-hybridized carbons (Fsp3) is 0.400. The Bertz CT molecular complexity index is 930. The number of pyridine rings is 1. The lowest BCUT2D eigenvalue weighted by molar-refractivity contribution is 0.0675. The van der Waals surface area contributed by atoms with Gasteiger partial charge in [-0.15, -0.1) is 0 Å². The quantitative estimate of drug-likeness (QED) is 0.669. The van der Waals surface area contributed by atoms with Gasteiger partial charge in [-0.25, -0.2) is 4.98 Å². The summed E-state index contributed by atoms with van der Waals surface area (Å²) in [5.74, 6) is 0. The highest BCUT2D eigenvalue weighted by Gasteiger charge is 2.20. The molecule has 6 heteroatoms. The summed E-state index contributed by atoms with van der Waals surface area (Å²) >= 11 is 1.71. The zero-order chi connectivity index (χ0) is 17.9. The number of hydrogen-bond acceptors (Lipinski definition) is 5. The predicted molar refractivity (Wildman–Crippen MR) is 104 cm³/mol. The second-order valence-electron chi connectivity index (χ2n) is 6.91. The van der Waals surface area contributed by atoms with E-state index in [4.69, 9.17) is 9.72 Å². The van der Waals surface area contributed by atoms with Crippen LogP contribution < -0.4 is 5.56 Å². The number of thiophene rings is 1. The highest BCUT2D eigenvalue weighted by Crippen LogP contribution is 2.18. The first-order chi connectivity index (χ1) is 12.7. The van der Waals surface area contributed by atoms with E-state index in [0.717, 1.165) is 49.4 Å². The molecular formula is C20H23N3O2S. The number of aromatic nitrogens is 2. The Balaban J connectivity index is 1.60. The molecule has 4 heterocycles. The predicted octanol–water partition coefficient (Wildman–Crippen LogP) is 3.25. The van der Waals surface area contributed by atoms with Gasteiger partial charge < -0.3 is 4.74 Å². The average molecular weight is 369 g/mol. The number of aryl methyl sites for hydroxylation is 1. The first kappa shape index (κ1) is 17.4. The van der Waals surface area contributed by atoms with Crippen LogP contribution in [0.4, 0.5) is 0 Å². The first-order valence-electron chi connectivity index (χ1n) is 9.02. The van der Waals surface area contributed by atoms with Gasteiger partial charge in [0.2, 0.25) is 0 Å². The summed E-state index contributed by atoms with van der Waals surface area (Å²) in [6, 6.07) is 7.68. The van der Waals surface area contributed by atoms with Gasteiger partial charge >= 0.3 is 0 Å². The molecule has 1 fully saturated rings. The van der Waals surface area contributed by atoms with Gasteiger partial charge in [0.15, 0.2) is 0 Å². The maximum absolute atomic E-state index is 12.5. The van der Waals surface area contributed by atoms with E-state index in [-0.39, 0.29) is 11.7 Å². The van der Waals surface area contributed by atoms with Crippen molar-refractivity contribution < 1.29 is 4.74 Å². The SMILES string of the molecule is Cc1cccn2c(=O)cc(CN(Cc3ccsc3)CC3CCCO3)nc12. The zero-order valence-electron chi connectivity index (χ0n) is 14.9. The van der Waals surface area contributed by atoms with Crippen LogP contribution in [0.15, 0.2) is 46.0 Å². The lowest BCUT2D eigenvalue weighted by Gasteiger charge is -2.24. The number of rotatable bonds is 6. The van der Waals surface area contributed by atoms with Crippen LogP contribution in [-0.4, -0.2) is 33.5 Å². The van der Waals surface area contributed by atoms with Crippen molar-refractivity contribution in [1.29, 1.82) is 0 Å². The molecule has 3 aromatic heterocycles. The van der Waals surface area contributed by atoms with Gasteiger partial charge in [0, 0.05) is 38.5 Å². The number of hydrogen-bond donors (Lipinski definition) is 0. The Labute approximate surface area is 156 Å². The number of nitrogens with zero attached hydrogens (tertiary/aromatic N) is 3.